The average Bonchev–Trinajstić information content (AvgIpc) is 3.27. The zero-order valence-electron chi connectivity index (χ0n) is 22.1. The number of fused-ring (bicyclic) bond motifs is 3. The molecular weight excluding hydrogens is 495 g/mol. The van der Waals surface area contributed by atoms with Gasteiger partial charge in [0.1, 0.15) is 11.4 Å². The predicted octanol–water partition coefficient (Wildman–Crippen LogP) is 5.49. The first kappa shape index (κ1) is 26.0. The van der Waals surface area contributed by atoms with Gasteiger partial charge in [-0.05, 0) is 83.4 Å². The maximum atomic E-state index is 14.4. The average molecular weight is 531 g/mol. The smallest absolute Gasteiger partial charge is 0.410 e. The van der Waals surface area contributed by atoms with Crippen molar-refractivity contribution >= 4 is 23.6 Å². The van der Waals surface area contributed by atoms with E-state index in [1.54, 1.807) is 12.1 Å². The van der Waals surface area contributed by atoms with Crippen LogP contribution in [0.25, 0.3) is 0 Å². The second-order valence-corrected chi connectivity index (χ2v) is 12.2. The minimum absolute atomic E-state index is 0.142. The molecule has 7 nitrogen and oxygen atoms in total. The number of hydrogen-bond acceptors (Lipinski definition) is 4. The molecule has 2 saturated heterocycles. The van der Waals surface area contributed by atoms with Gasteiger partial charge in [-0.3, -0.25) is 9.48 Å². The van der Waals surface area contributed by atoms with E-state index in [1.165, 1.54) is 6.07 Å². The van der Waals surface area contributed by atoms with Crippen LogP contribution in [0.1, 0.15) is 75.4 Å². The summed E-state index contributed by atoms with van der Waals surface area (Å²) in [7, 11) is 0. The molecule has 3 aliphatic rings. The molecule has 1 aromatic carbocycles. The predicted molar refractivity (Wildman–Crippen MR) is 139 cm³/mol. The number of amides is 2. The van der Waals surface area contributed by atoms with Crippen LogP contribution < -0.4 is 0 Å². The Balaban J connectivity index is 1.23. The van der Waals surface area contributed by atoms with Crippen LogP contribution in [0, 0.1) is 18.7 Å². The fourth-order valence-electron chi connectivity index (χ4n) is 6.28. The molecule has 2 atom stereocenters. The summed E-state index contributed by atoms with van der Waals surface area (Å²) in [5.74, 6) is 0.0502. The van der Waals surface area contributed by atoms with Gasteiger partial charge in [0.2, 0.25) is 5.91 Å². The van der Waals surface area contributed by atoms with E-state index in [1.807, 2.05) is 42.2 Å². The van der Waals surface area contributed by atoms with Gasteiger partial charge in [-0.2, -0.15) is 5.10 Å². The van der Waals surface area contributed by atoms with Crippen LogP contribution in [0.2, 0.25) is 5.02 Å². The van der Waals surface area contributed by atoms with E-state index in [2.05, 4.69) is 5.10 Å². The second-order valence-electron chi connectivity index (χ2n) is 11.8. The number of ether oxygens (including phenoxy) is 1. The van der Waals surface area contributed by atoms with Crippen molar-refractivity contribution in [1.82, 2.24) is 19.6 Å². The number of carbonyl (C=O) groups excluding carboxylic acids is 2. The molecule has 2 bridgehead atoms. The van der Waals surface area contributed by atoms with Crippen LogP contribution in [0.3, 0.4) is 0 Å². The number of hydrogen-bond donors (Lipinski definition) is 0. The number of aryl methyl sites for hydroxylation is 1. The van der Waals surface area contributed by atoms with Crippen molar-refractivity contribution in [1.29, 1.82) is 0 Å². The zero-order chi connectivity index (χ0) is 26.5. The molecule has 0 saturated carbocycles. The van der Waals surface area contributed by atoms with E-state index in [4.69, 9.17) is 16.3 Å². The summed E-state index contributed by atoms with van der Waals surface area (Å²) in [6.07, 6.45) is 4.64. The molecule has 0 aliphatic carbocycles. The van der Waals surface area contributed by atoms with Crippen LogP contribution in [-0.4, -0.2) is 55.8 Å². The number of benzene rings is 1. The number of carbonyl (C=O) groups is 2. The third kappa shape index (κ3) is 5.49. The Morgan fingerprint density at radius 2 is 1.89 bits per heavy atom. The lowest BCUT2D eigenvalue weighted by Gasteiger charge is -2.40. The highest BCUT2D eigenvalue weighted by molar-refractivity contribution is 6.30. The van der Waals surface area contributed by atoms with Gasteiger partial charge in [0.25, 0.3) is 0 Å². The first-order valence-electron chi connectivity index (χ1n) is 13.3. The highest BCUT2D eigenvalue weighted by atomic mass is 35.5. The summed E-state index contributed by atoms with van der Waals surface area (Å²) in [5.41, 5.74) is 3.07. The van der Waals surface area contributed by atoms with Crippen molar-refractivity contribution < 1.29 is 18.7 Å². The molecule has 9 heteroatoms. The quantitative estimate of drug-likeness (QED) is 0.524. The fourth-order valence-corrected chi connectivity index (χ4v) is 6.43. The van der Waals surface area contributed by atoms with Gasteiger partial charge in [-0.1, -0.05) is 17.7 Å². The highest BCUT2D eigenvalue weighted by Gasteiger charge is 2.45. The Morgan fingerprint density at radius 1 is 1.19 bits per heavy atom. The summed E-state index contributed by atoms with van der Waals surface area (Å²) in [5, 5.41) is 5.03. The lowest BCUT2D eigenvalue weighted by atomic mass is 9.87. The highest BCUT2D eigenvalue weighted by Crippen LogP contribution is 2.41. The largest absolute Gasteiger partial charge is 0.444 e. The Bertz CT molecular complexity index is 1190. The van der Waals surface area contributed by atoms with E-state index >= 15 is 0 Å². The summed E-state index contributed by atoms with van der Waals surface area (Å²) in [6, 6.07) is 4.98. The number of piperidine rings is 1. The maximum absolute atomic E-state index is 14.4. The van der Waals surface area contributed by atoms with Crippen LogP contribution in [0.15, 0.2) is 18.2 Å². The van der Waals surface area contributed by atoms with E-state index in [-0.39, 0.29) is 35.8 Å². The molecule has 0 spiro atoms. The molecule has 5 rings (SSSR count). The van der Waals surface area contributed by atoms with Gasteiger partial charge >= 0.3 is 6.09 Å². The third-order valence-electron chi connectivity index (χ3n) is 7.93. The number of aromatic nitrogens is 2. The van der Waals surface area contributed by atoms with Crippen molar-refractivity contribution in [3.05, 3.63) is 51.6 Å². The van der Waals surface area contributed by atoms with Gasteiger partial charge in [0.05, 0.1) is 24.5 Å². The molecule has 2 amide bonds. The van der Waals surface area contributed by atoms with Gasteiger partial charge in [0.15, 0.2) is 0 Å². The summed E-state index contributed by atoms with van der Waals surface area (Å²) >= 11 is 5.91. The topological polar surface area (TPSA) is 67.7 Å². The van der Waals surface area contributed by atoms with E-state index in [0.29, 0.717) is 36.6 Å². The molecule has 0 radical (unpaired) electrons. The van der Waals surface area contributed by atoms with E-state index in [0.717, 1.165) is 49.1 Å². The van der Waals surface area contributed by atoms with Gasteiger partial charge < -0.3 is 14.5 Å². The summed E-state index contributed by atoms with van der Waals surface area (Å²) in [4.78, 5) is 30.0. The first-order valence-corrected chi connectivity index (χ1v) is 13.6. The van der Waals surface area contributed by atoms with Crippen molar-refractivity contribution in [2.75, 3.05) is 6.54 Å². The standard InChI is InChI=1S/C28H36ClFN4O3/c1-17-23-9-10-32(16-25(23)33(31-17)15-19-5-6-20(29)14-24(19)30)26(35)13-18-11-21-7-8-22(12-18)34(21)27(36)37-28(2,3)4/h5-6,14,18,21-22H,7-13,15-16H2,1-4H3. The molecular formula is C28H36ClFN4O3. The van der Waals surface area contributed by atoms with Crippen LogP contribution in [0.5, 0.6) is 0 Å². The second kappa shape index (κ2) is 9.93. The number of halogens is 2. The van der Waals surface area contributed by atoms with Gasteiger partial charge in [-0.25, -0.2) is 9.18 Å². The van der Waals surface area contributed by atoms with E-state index < -0.39 is 5.60 Å². The summed E-state index contributed by atoms with van der Waals surface area (Å²) in [6.45, 7) is 9.09. The molecule has 2 aromatic rings. The monoisotopic (exact) mass is 530 g/mol. The molecule has 2 unspecified atom stereocenters. The minimum Gasteiger partial charge on any atom is -0.444 e. The maximum Gasteiger partial charge on any atom is 0.410 e. The van der Waals surface area contributed by atoms with Crippen molar-refractivity contribution in [2.45, 2.75) is 97.0 Å². The molecule has 0 N–H and O–H groups in total. The van der Waals surface area contributed by atoms with Gasteiger partial charge in [-0.15, -0.1) is 0 Å². The summed E-state index contributed by atoms with van der Waals surface area (Å²) < 4.78 is 21.9. The molecule has 4 heterocycles. The number of rotatable bonds is 4. The SMILES string of the molecule is Cc1nn(Cc2ccc(Cl)cc2F)c2c1CCN(C(=O)CC1CC3CCC(C1)N3C(=O)OC(C)(C)C)C2. The molecule has 3 aliphatic heterocycles. The van der Waals surface area contributed by atoms with Gasteiger partial charge in [0, 0.05) is 35.6 Å². The molecule has 37 heavy (non-hydrogen) atoms. The Morgan fingerprint density at radius 3 is 2.54 bits per heavy atom. The Kier molecular flexibility index (Phi) is 6.98. The van der Waals surface area contributed by atoms with Crippen molar-refractivity contribution in [3.8, 4) is 0 Å². The van der Waals surface area contributed by atoms with Crippen LogP contribution >= 0.6 is 11.6 Å². The lowest BCUT2D eigenvalue weighted by molar-refractivity contribution is -0.133. The molecule has 1 aromatic heterocycles. The fraction of sp³-hybridized carbons (Fsp3) is 0.607. The minimum atomic E-state index is -0.513. The third-order valence-corrected chi connectivity index (χ3v) is 8.16. The Labute approximate surface area is 222 Å². The van der Waals surface area contributed by atoms with Crippen LogP contribution in [0.4, 0.5) is 9.18 Å². The lowest BCUT2D eigenvalue weighted by Crippen LogP contribution is -2.49. The van der Waals surface area contributed by atoms with Crippen molar-refractivity contribution in [2.24, 2.45) is 5.92 Å². The molecule has 200 valence electrons. The number of nitrogens with zero attached hydrogens (tertiary/aromatic N) is 4. The first-order chi connectivity index (χ1) is 17.5. The van der Waals surface area contributed by atoms with Crippen molar-refractivity contribution in [3.63, 3.8) is 0 Å². The Hall–Kier alpha value is -2.61. The van der Waals surface area contributed by atoms with Crippen LogP contribution in [-0.2, 0) is 29.0 Å². The van der Waals surface area contributed by atoms with E-state index in [9.17, 15) is 14.0 Å². The normalized spacial score (nSPS) is 23.2. The molecule has 2 fully saturated rings. The zero-order valence-corrected chi connectivity index (χ0v) is 22.9.